The number of likely N-dealkylation sites (tertiary alicyclic amines) is 1. The van der Waals surface area contributed by atoms with Crippen LogP contribution in [0.15, 0.2) is 24.3 Å². The molecular weight excluding hydrogens is 252 g/mol. The second kappa shape index (κ2) is 6.37. The summed E-state index contributed by atoms with van der Waals surface area (Å²) < 4.78 is 0. The van der Waals surface area contributed by atoms with E-state index in [-0.39, 0.29) is 0 Å². The van der Waals surface area contributed by atoms with E-state index in [1.54, 1.807) is 12.1 Å². The molecule has 1 heterocycles. The molecule has 1 saturated heterocycles. The lowest BCUT2D eigenvalue weighted by atomic mass is 10.0. The van der Waals surface area contributed by atoms with E-state index in [9.17, 15) is 9.90 Å². The van der Waals surface area contributed by atoms with Crippen molar-refractivity contribution in [2.24, 2.45) is 0 Å². The summed E-state index contributed by atoms with van der Waals surface area (Å²) in [7, 11) is 4.30. The second-order valence-electron chi connectivity index (χ2n) is 5.87. The molecule has 1 fully saturated rings. The van der Waals surface area contributed by atoms with E-state index in [1.165, 1.54) is 6.42 Å². The minimum atomic E-state index is -0.836. The van der Waals surface area contributed by atoms with Crippen LogP contribution in [0.5, 0.6) is 0 Å². The molecule has 0 aromatic heterocycles. The van der Waals surface area contributed by atoms with Crippen LogP contribution < -0.4 is 0 Å². The molecule has 110 valence electrons. The molecular formula is C16H24N2O2. The molecule has 2 atom stereocenters. The van der Waals surface area contributed by atoms with Crippen molar-refractivity contribution in [2.75, 3.05) is 27.2 Å². The monoisotopic (exact) mass is 276 g/mol. The fourth-order valence-corrected chi connectivity index (χ4v) is 2.91. The highest BCUT2D eigenvalue weighted by molar-refractivity contribution is 5.89. The Balaban J connectivity index is 1.94. The first kappa shape index (κ1) is 15.0. The number of aromatic carboxylic acids is 1. The maximum atomic E-state index is 11.2. The molecule has 0 spiro atoms. The number of carbonyl (C=O) groups is 1. The summed E-state index contributed by atoms with van der Waals surface area (Å²) in [5.74, 6) is -0.836. The van der Waals surface area contributed by atoms with Gasteiger partial charge in [0.2, 0.25) is 0 Å². The van der Waals surface area contributed by atoms with Crippen molar-refractivity contribution in [3.8, 4) is 0 Å². The van der Waals surface area contributed by atoms with E-state index in [0.29, 0.717) is 17.6 Å². The van der Waals surface area contributed by atoms with Crippen molar-refractivity contribution < 1.29 is 9.90 Å². The lowest BCUT2D eigenvalue weighted by Gasteiger charge is -2.24. The molecule has 1 aromatic rings. The lowest BCUT2D eigenvalue weighted by Crippen LogP contribution is -2.35. The number of rotatable bonds is 5. The molecule has 4 nitrogen and oxygen atoms in total. The van der Waals surface area contributed by atoms with Crippen LogP contribution in [-0.4, -0.2) is 60.1 Å². The van der Waals surface area contributed by atoms with Crippen LogP contribution in [-0.2, 0) is 6.42 Å². The van der Waals surface area contributed by atoms with Crippen molar-refractivity contribution in [3.05, 3.63) is 35.4 Å². The Labute approximate surface area is 121 Å². The van der Waals surface area contributed by atoms with Gasteiger partial charge in [0.25, 0.3) is 0 Å². The average molecular weight is 276 g/mol. The first-order valence-electron chi connectivity index (χ1n) is 7.20. The zero-order valence-electron chi connectivity index (χ0n) is 12.5. The van der Waals surface area contributed by atoms with Gasteiger partial charge in [0, 0.05) is 25.2 Å². The van der Waals surface area contributed by atoms with Crippen molar-refractivity contribution in [2.45, 2.75) is 31.8 Å². The Morgan fingerprint density at radius 2 is 2.15 bits per heavy atom. The van der Waals surface area contributed by atoms with Crippen LogP contribution in [0, 0.1) is 0 Å². The van der Waals surface area contributed by atoms with Gasteiger partial charge in [-0.3, -0.25) is 0 Å². The van der Waals surface area contributed by atoms with Crippen molar-refractivity contribution in [1.29, 1.82) is 0 Å². The van der Waals surface area contributed by atoms with Crippen LogP contribution in [0.2, 0.25) is 0 Å². The molecule has 20 heavy (non-hydrogen) atoms. The van der Waals surface area contributed by atoms with Crippen LogP contribution >= 0.6 is 0 Å². The summed E-state index contributed by atoms with van der Waals surface area (Å²) in [6.07, 6.45) is 1.97. The highest BCUT2D eigenvalue weighted by Crippen LogP contribution is 2.19. The van der Waals surface area contributed by atoms with E-state index >= 15 is 0 Å². The highest BCUT2D eigenvalue weighted by Gasteiger charge is 2.28. The standard InChI is InChI=1S/C16H24N2O2/c1-12-10-14(11-18(12)3)17(2)9-8-13-6-4-5-7-15(13)16(19)20/h4-7,12,14H,8-11H2,1-3H3,(H,19,20). The Bertz CT molecular complexity index is 465. The van der Waals surface area contributed by atoms with Crippen LogP contribution in [0.4, 0.5) is 0 Å². The third-order valence-electron chi connectivity index (χ3n) is 4.47. The van der Waals surface area contributed by atoms with Gasteiger partial charge in [0.05, 0.1) is 5.56 Å². The number of hydrogen-bond acceptors (Lipinski definition) is 3. The SMILES string of the molecule is CC1CC(N(C)CCc2ccccc2C(=O)O)CN1C. The van der Waals surface area contributed by atoms with E-state index in [1.807, 2.05) is 12.1 Å². The number of carboxylic acid groups (broad SMARTS) is 1. The van der Waals surface area contributed by atoms with Crippen molar-refractivity contribution in [3.63, 3.8) is 0 Å². The molecule has 0 radical (unpaired) electrons. The summed E-state index contributed by atoms with van der Waals surface area (Å²) in [4.78, 5) is 15.9. The number of hydrogen-bond donors (Lipinski definition) is 1. The minimum Gasteiger partial charge on any atom is -0.478 e. The molecule has 1 aromatic carbocycles. The fourth-order valence-electron chi connectivity index (χ4n) is 2.91. The van der Waals surface area contributed by atoms with Gasteiger partial charge < -0.3 is 14.9 Å². The number of carboxylic acids is 1. The van der Waals surface area contributed by atoms with Crippen LogP contribution in [0.3, 0.4) is 0 Å². The first-order valence-corrected chi connectivity index (χ1v) is 7.20. The van der Waals surface area contributed by atoms with Gasteiger partial charge in [-0.25, -0.2) is 4.79 Å². The maximum Gasteiger partial charge on any atom is 0.335 e. The summed E-state index contributed by atoms with van der Waals surface area (Å²) in [5.41, 5.74) is 1.35. The van der Waals surface area contributed by atoms with Crippen molar-refractivity contribution >= 4 is 5.97 Å². The van der Waals surface area contributed by atoms with Crippen LogP contribution in [0.25, 0.3) is 0 Å². The predicted octanol–water partition coefficient (Wildman–Crippen LogP) is 1.95. The normalized spacial score (nSPS) is 23.4. The molecule has 2 rings (SSSR count). The van der Waals surface area contributed by atoms with E-state index in [0.717, 1.165) is 25.1 Å². The smallest absolute Gasteiger partial charge is 0.335 e. The third kappa shape index (κ3) is 3.38. The Morgan fingerprint density at radius 1 is 1.45 bits per heavy atom. The molecule has 4 heteroatoms. The molecule has 1 aliphatic rings. The summed E-state index contributed by atoms with van der Waals surface area (Å²) in [6.45, 7) is 4.25. The molecule has 1 N–H and O–H groups in total. The predicted molar refractivity (Wildman–Crippen MR) is 80.2 cm³/mol. The first-order chi connectivity index (χ1) is 9.49. The van der Waals surface area contributed by atoms with Gasteiger partial charge in [-0.05, 0) is 45.5 Å². The largest absolute Gasteiger partial charge is 0.478 e. The molecule has 0 amide bonds. The highest BCUT2D eigenvalue weighted by atomic mass is 16.4. The summed E-state index contributed by atoms with van der Waals surface area (Å²) >= 11 is 0. The van der Waals surface area contributed by atoms with Gasteiger partial charge in [-0.15, -0.1) is 0 Å². The Hall–Kier alpha value is -1.39. The fraction of sp³-hybridized carbons (Fsp3) is 0.562. The van der Waals surface area contributed by atoms with E-state index in [2.05, 4.69) is 30.8 Å². The van der Waals surface area contributed by atoms with Gasteiger partial charge in [0.15, 0.2) is 0 Å². The lowest BCUT2D eigenvalue weighted by molar-refractivity contribution is 0.0695. The zero-order chi connectivity index (χ0) is 14.7. The zero-order valence-corrected chi connectivity index (χ0v) is 12.5. The minimum absolute atomic E-state index is 0.429. The van der Waals surface area contributed by atoms with Gasteiger partial charge in [-0.1, -0.05) is 18.2 Å². The topological polar surface area (TPSA) is 43.8 Å². The number of nitrogens with zero attached hydrogens (tertiary/aromatic N) is 2. The number of benzene rings is 1. The molecule has 0 saturated carbocycles. The molecule has 2 unspecified atom stereocenters. The second-order valence-corrected chi connectivity index (χ2v) is 5.87. The van der Waals surface area contributed by atoms with Crippen LogP contribution in [0.1, 0.15) is 29.3 Å². The van der Waals surface area contributed by atoms with Gasteiger partial charge in [0.1, 0.15) is 0 Å². The van der Waals surface area contributed by atoms with Crippen molar-refractivity contribution in [1.82, 2.24) is 9.80 Å². The van der Waals surface area contributed by atoms with E-state index in [4.69, 9.17) is 0 Å². The Morgan fingerprint density at radius 3 is 2.75 bits per heavy atom. The average Bonchev–Trinajstić information content (AvgIpc) is 2.76. The quantitative estimate of drug-likeness (QED) is 0.893. The van der Waals surface area contributed by atoms with E-state index < -0.39 is 5.97 Å². The third-order valence-corrected chi connectivity index (χ3v) is 4.47. The summed E-state index contributed by atoms with van der Waals surface area (Å²) in [6, 6.07) is 8.50. The number of likely N-dealkylation sites (N-methyl/N-ethyl adjacent to an activating group) is 2. The Kier molecular flexibility index (Phi) is 4.78. The molecule has 0 aliphatic carbocycles. The maximum absolute atomic E-state index is 11.2. The van der Waals surface area contributed by atoms with Gasteiger partial charge >= 0.3 is 5.97 Å². The van der Waals surface area contributed by atoms with Gasteiger partial charge in [-0.2, -0.15) is 0 Å². The molecule has 0 bridgehead atoms. The molecule has 1 aliphatic heterocycles. The summed E-state index contributed by atoms with van der Waals surface area (Å²) in [5, 5.41) is 9.19.